The van der Waals surface area contributed by atoms with Crippen molar-refractivity contribution in [3.8, 4) is 17.0 Å². The van der Waals surface area contributed by atoms with Crippen molar-refractivity contribution in [2.75, 3.05) is 11.9 Å². The Morgan fingerprint density at radius 3 is 2.19 bits per heavy atom. The van der Waals surface area contributed by atoms with Crippen molar-refractivity contribution in [1.29, 1.82) is 0 Å². The van der Waals surface area contributed by atoms with E-state index in [4.69, 9.17) is 9.72 Å². The predicted molar refractivity (Wildman–Crippen MR) is 145 cm³/mol. The Balaban J connectivity index is 1.51. The van der Waals surface area contributed by atoms with Crippen LogP contribution in [0.3, 0.4) is 0 Å². The second-order valence-corrected chi connectivity index (χ2v) is 9.89. The Labute approximate surface area is 215 Å². The Morgan fingerprint density at radius 2 is 1.56 bits per heavy atom. The number of hydrogen-bond donors (Lipinski definition) is 2. The molecule has 4 rings (SSSR count). The van der Waals surface area contributed by atoms with Crippen LogP contribution in [-0.4, -0.2) is 28.9 Å². The van der Waals surface area contributed by atoms with Crippen LogP contribution in [-0.2, 0) is 11.2 Å². The lowest BCUT2D eigenvalue weighted by Crippen LogP contribution is -2.52. The van der Waals surface area contributed by atoms with Gasteiger partial charge in [0.15, 0.2) is 5.13 Å². The number of hydrogen-bond acceptors (Lipinski definition) is 5. The van der Waals surface area contributed by atoms with Crippen LogP contribution < -0.4 is 15.4 Å². The number of nitrogens with zero attached hydrogens (tertiary/aromatic N) is 1. The van der Waals surface area contributed by atoms with Gasteiger partial charge in [-0.1, -0.05) is 60.7 Å². The van der Waals surface area contributed by atoms with Crippen molar-refractivity contribution >= 4 is 28.3 Å². The van der Waals surface area contributed by atoms with Crippen molar-refractivity contribution in [2.24, 2.45) is 0 Å². The summed E-state index contributed by atoms with van der Waals surface area (Å²) >= 11 is 1.45. The van der Waals surface area contributed by atoms with Gasteiger partial charge in [0.2, 0.25) is 0 Å². The number of carbonyl (C=O) groups is 2. The SMILES string of the molecule is CCOc1ccc(C(=O)NC(C)(C)C(=O)Nc2nc(-c3ccccc3)c(Cc3ccccc3)s2)cc1. The lowest BCUT2D eigenvalue weighted by Gasteiger charge is -2.24. The number of anilines is 1. The van der Waals surface area contributed by atoms with Gasteiger partial charge in [-0.3, -0.25) is 14.9 Å². The molecule has 36 heavy (non-hydrogen) atoms. The molecule has 4 aromatic rings. The summed E-state index contributed by atoms with van der Waals surface area (Å²) in [6, 6.07) is 26.9. The second kappa shape index (κ2) is 11.2. The van der Waals surface area contributed by atoms with Crippen molar-refractivity contribution in [1.82, 2.24) is 10.3 Å². The molecule has 2 amide bonds. The van der Waals surface area contributed by atoms with Crippen LogP contribution in [0.4, 0.5) is 5.13 Å². The second-order valence-electron chi connectivity index (χ2n) is 8.81. The molecule has 7 heteroatoms. The molecule has 0 saturated heterocycles. The molecule has 0 unspecified atom stereocenters. The van der Waals surface area contributed by atoms with Crippen LogP contribution >= 0.6 is 11.3 Å². The van der Waals surface area contributed by atoms with E-state index < -0.39 is 5.54 Å². The van der Waals surface area contributed by atoms with E-state index in [-0.39, 0.29) is 11.8 Å². The standard InChI is InChI=1S/C29H29N3O3S/c1-4-35-23-17-15-22(16-18-23)26(33)32-29(2,3)27(34)31-28-30-25(21-13-9-6-10-14-21)24(36-28)19-20-11-7-5-8-12-20/h5-18H,4,19H2,1-3H3,(H,32,33)(H,30,31,34). The minimum absolute atomic E-state index is 0.341. The van der Waals surface area contributed by atoms with Crippen LogP contribution in [0.1, 0.15) is 41.6 Å². The molecule has 0 radical (unpaired) electrons. The number of carbonyl (C=O) groups excluding carboxylic acids is 2. The number of rotatable bonds is 9. The molecule has 0 aliphatic heterocycles. The number of benzene rings is 3. The molecule has 3 aromatic carbocycles. The monoisotopic (exact) mass is 499 g/mol. The summed E-state index contributed by atoms with van der Waals surface area (Å²) in [5, 5.41) is 6.23. The molecular weight excluding hydrogens is 470 g/mol. The average Bonchev–Trinajstić information content (AvgIpc) is 3.27. The number of aromatic nitrogens is 1. The first-order valence-corrected chi connectivity index (χ1v) is 12.6. The molecule has 1 aromatic heterocycles. The summed E-state index contributed by atoms with van der Waals surface area (Å²) in [5.41, 5.74) is 2.29. The molecule has 0 atom stereocenters. The van der Waals surface area contributed by atoms with Gasteiger partial charge in [0.1, 0.15) is 11.3 Å². The van der Waals surface area contributed by atoms with Crippen LogP contribution in [0.2, 0.25) is 0 Å². The predicted octanol–water partition coefficient (Wildman–Crippen LogP) is 5.95. The summed E-state index contributed by atoms with van der Waals surface area (Å²) in [7, 11) is 0. The minimum Gasteiger partial charge on any atom is -0.494 e. The van der Waals surface area contributed by atoms with Crippen molar-refractivity contribution in [3.05, 3.63) is 101 Å². The van der Waals surface area contributed by atoms with Crippen LogP contribution in [0.15, 0.2) is 84.9 Å². The smallest absolute Gasteiger partial charge is 0.252 e. The fourth-order valence-electron chi connectivity index (χ4n) is 3.66. The van der Waals surface area contributed by atoms with Gasteiger partial charge in [-0.15, -0.1) is 11.3 Å². The first-order chi connectivity index (χ1) is 17.4. The highest BCUT2D eigenvalue weighted by Crippen LogP contribution is 2.33. The summed E-state index contributed by atoms with van der Waals surface area (Å²) in [4.78, 5) is 31.8. The van der Waals surface area contributed by atoms with Crippen molar-refractivity contribution in [3.63, 3.8) is 0 Å². The van der Waals surface area contributed by atoms with Crippen molar-refractivity contribution in [2.45, 2.75) is 32.7 Å². The third-order valence-corrected chi connectivity index (χ3v) is 6.56. The largest absolute Gasteiger partial charge is 0.494 e. The molecule has 0 saturated carbocycles. The molecule has 0 aliphatic rings. The van der Waals surface area contributed by atoms with Crippen molar-refractivity contribution < 1.29 is 14.3 Å². The van der Waals surface area contributed by atoms with E-state index in [9.17, 15) is 9.59 Å². The van der Waals surface area contributed by atoms with Crippen LogP contribution in [0.5, 0.6) is 5.75 Å². The van der Waals surface area contributed by atoms with Gasteiger partial charge >= 0.3 is 0 Å². The lowest BCUT2D eigenvalue weighted by atomic mass is 10.0. The number of nitrogens with one attached hydrogen (secondary N) is 2. The maximum atomic E-state index is 13.2. The van der Waals surface area contributed by atoms with E-state index in [0.717, 1.165) is 16.1 Å². The van der Waals surface area contributed by atoms with E-state index in [1.807, 2.05) is 55.5 Å². The van der Waals surface area contributed by atoms with E-state index >= 15 is 0 Å². The molecule has 1 heterocycles. The van der Waals surface area contributed by atoms with Gasteiger partial charge < -0.3 is 10.1 Å². The minimum atomic E-state index is -1.16. The molecule has 0 bridgehead atoms. The normalized spacial score (nSPS) is 11.1. The zero-order chi connectivity index (χ0) is 25.5. The number of thiazole rings is 1. The topological polar surface area (TPSA) is 80.3 Å². The van der Waals surface area contributed by atoms with E-state index in [1.165, 1.54) is 16.9 Å². The maximum absolute atomic E-state index is 13.2. The third-order valence-electron chi connectivity index (χ3n) is 5.59. The Hall–Kier alpha value is -3.97. The van der Waals surface area contributed by atoms with Gasteiger partial charge in [-0.2, -0.15) is 0 Å². The van der Waals surface area contributed by atoms with Crippen LogP contribution in [0.25, 0.3) is 11.3 Å². The van der Waals surface area contributed by atoms with Gasteiger partial charge in [-0.05, 0) is 50.6 Å². The molecular formula is C29H29N3O3S. The molecule has 0 spiro atoms. The average molecular weight is 500 g/mol. The highest BCUT2D eigenvalue weighted by molar-refractivity contribution is 7.16. The summed E-state index contributed by atoms with van der Waals surface area (Å²) in [6.07, 6.45) is 0.705. The molecule has 2 N–H and O–H groups in total. The highest BCUT2D eigenvalue weighted by Gasteiger charge is 2.31. The Bertz CT molecular complexity index is 1320. The number of amides is 2. The zero-order valence-electron chi connectivity index (χ0n) is 20.6. The summed E-state index contributed by atoms with van der Waals surface area (Å²) < 4.78 is 5.43. The molecule has 0 aliphatic carbocycles. The number of ether oxygens (including phenoxy) is 1. The maximum Gasteiger partial charge on any atom is 0.252 e. The summed E-state index contributed by atoms with van der Waals surface area (Å²) in [5.74, 6) is 0.00355. The first-order valence-electron chi connectivity index (χ1n) is 11.8. The van der Waals surface area contributed by atoms with E-state index in [1.54, 1.807) is 38.1 Å². The Morgan fingerprint density at radius 1 is 0.917 bits per heavy atom. The van der Waals surface area contributed by atoms with Crippen LogP contribution in [0, 0.1) is 0 Å². The highest BCUT2D eigenvalue weighted by atomic mass is 32.1. The van der Waals surface area contributed by atoms with E-state index in [0.29, 0.717) is 29.5 Å². The molecule has 0 fully saturated rings. The fourth-order valence-corrected chi connectivity index (χ4v) is 4.68. The van der Waals surface area contributed by atoms with Gasteiger partial charge in [0, 0.05) is 22.4 Å². The fraction of sp³-hybridized carbons (Fsp3) is 0.207. The zero-order valence-corrected chi connectivity index (χ0v) is 21.4. The van der Waals surface area contributed by atoms with Gasteiger partial charge in [-0.25, -0.2) is 4.98 Å². The molecule has 6 nitrogen and oxygen atoms in total. The third kappa shape index (κ3) is 6.17. The first kappa shape index (κ1) is 25.1. The van der Waals surface area contributed by atoms with E-state index in [2.05, 4.69) is 22.8 Å². The van der Waals surface area contributed by atoms with Gasteiger partial charge in [0.05, 0.1) is 12.3 Å². The molecule has 184 valence electrons. The lowest BCUT2D eigenvalue weighted by molar-refractivity contribution is -0.120. The Kier molecular flexibility index (Phi) is 7.80. The summed E-state index contributed by atoms with van der Waals surface area (Å²) in [6.45, 7) is 5.79. The quantitative estimate of drug-likeness (QED) is 0.298. The van der Waals surface area contributed by atoms with Gasteiger partial charge in [0.25, 0.3) is 11.8 Å².